The zero-order valence-electron chi connectivity index (χ0n) is 25.0. The zero-order valence-corrected chi connectivity index (χ0v) is 26.6. The van der Waals surface area contributed by atoms with E-state index < -0.39 is 38.2 Å². The predicted octanol–water partition coefficient (Wildman–Crippen LogP) is 7.57. The predicted molar refractivity (Wildman–Crippen MR) is 160 cm³/mol. The lowest BCUT2D eigenvalue weighted by atomic mass is 9.87. The minimum absolute atomic E-state index is 0.0113. The maximum absolute atomic E-state index is 14.0. The summed E-state index contributed by atoms with van der Waals surface area (Å²) in [4.78, 5) is 3.00. The Labute approximate surface area is 250 Å². The summed E-state index contributed by atoms with van der Waals surface area (Å²) in [5, 5.41) is -4.45. The van der Waals surface area contributed by atoms with Gasteiger partial charge in [-0.15, -0.1) is 0 Å². The summed E-state index contributed by atoms with van der Waals surface area (Å²) in [6, 6.07) is 23.2. The first-order valence-corrected chi connectivity index (χ1v) is 16.3. The molecule has 42 heavy (non-hydrogen) atoms. The molecule has 0 spiro atoms. The molecule has 0 amide bonds. The quantitative estimate of drug-likeness (QED) is 0.206. The van der Waals surface area contributed by atoms with Crippen LogP contribution in [0.2, 0.25) is 0 Å². The first-order valence-electron chi connectivity index (χ1n) is 13.7. The number of hydrogen-bond acceptors (Lipinski definition) is 5. The molecular weight excluding hydrogens is 582 g/mol. The average molecular weight is 622 g/mol. The molecule has 228 valence electrons. The van der Waals surface area contributed by atoms with Crippen LogP contribution >= 0.6 is 0 Å². The van der Waals surface area contributed by atoms with E-state index in [9.17, 15) is 17.2 Å². The fourth-order valence-corrected chi connectivity index (χ4v) is 6.95. The van der Waals surface area contributed by atoms with Crippen LogP contribution in [-0.2, 0) is 41.7 Å². The Bertz CT molecular complexity index is 1470. The maximum atomic E-state index is 14.0. The molecule has 1 fully saturated rings. The number of rotatable bonds is 8. The Morgan fingerprint density at radius 3 is 1.69 bits per heavy atom. The van der Waals surface area contributed by atoms with Crippen LogP contribution in [0.15, 0.2) is 87.5 Å². The molecule has 1 saturated heterocycles. The van der Waals surface area contributed by atoms with Crippen molar-refractivity contribution in [3.63, 3.8) is 0 Å². The highest BCUT2D eigenvalue weighted by Crippen LogP contribution is 2.39. The van der Waals surface area contributed by atoms with E-state index in [0.29, 0.717) is 13.2 Å². The highest BCUT2D eigenvalue weighted by molar-refractivity contribution is 7.97. The van der Waals surface area contributed by atoms with Crippen molar-refractivity contribution < 1.29 is 36.0 Å². The first kappa shape index (κ1) is 32.4. The van der Waals surface area contributed by atoms with Gasteiger partial charge in [-0.3, -0.25) is 4.55 Å². The van der Waals surface area contributed by atoms with Crippen LogP contribution in [0.4, 0.5) is 8.78 Å². The Balaban J connectivity index is 1.67. The van der Waals surface area contributed by atoms with Crippen molar-refractivity contribution in [3.8, 4) is 5.75 Å². The zero-order chi connectivity index (χ0) is 31.1. The summed E-state index contributed by atoms with van der Waals surface area (Å²) >= 11 is 0. The Morgan fingerprint density at radius 2 is 1.26 bits per heavy atom. The molecule has 0 aromatic heterocycles. The smallest absolute Gasteiger partial charge is 0.405 e. The second kappa shape index (κ2) is 11.5. The molecule has 1 N–H and O–H groups in total. The van der Waals surface area contributed by atoms with Gasteiger partial charge in [0.05, 0.1) is 24.1 Å². The molecule has 1 heterocycles. The third-order valence-corrected chi connectivity index (χ3v) is 10.5. The van der Waals surface area contributed by atoms with E-state index in [1.807, 2.05) is 31.2 Å². The largest absolute Gasteiger partial charge is 0.483 e. The van der Waals surface area contributed by atoms with Gasteiger partial charge in [0.25, 0.3) is 0 Å². The number of halogens is 2. The molecule has 2 unspecified atom stereocenters. The minimum Gasteiger partial charge on any atom is -0.483 e. The van der Waals surface area contributed by atoms with Crippen molar-refractivity contribution in [3.05, 3.63) is 83.9 Å². The van der Waals surface area contributed by atoms with Crippen LogP contribution in [0.25, 0.3) is 0 Å². The lowest BCUT2D eigenvalue weighted by Crippen LogP contribution is -2.43. The summed E-state index contributed by atoms with van der Waals surface area (Å²) in [7, 11) is -6.19. The van der Waals surface area contributed by atoms with Crippen LogP contribution < -0.4 is 4.74 Å². The molecular formula is C32H39F2O6S2+. The van der Waals surface area contributed by atoms with Crippen LogP contribution in [0.1, 0.15) is 59.6 Å². The Morgan fingerprint density at radius 1 is 0.833 bits per heavy atom. The molecule has 0 aliphatic carbocycles. The van der Waals surface area contributed by atoms with Crippen LogP contribution in [-0.4, -0.2) is 37.5 Å². The second-order valence-corrected chi connectivity index (χ2v) is 16.1. The van der Waals surface area contributed by atoms with Gasteiger partial charge in [0.2, 0.25) is 0 Å². The van der Waals surface area contributed by atoms with E-state index in [1.54, 1.807) is 12.1 Å². The van der Waals surface area contributed by atoms with Gasteiger partial charge >= 0.3 is 15.4 Å². The van der Waals surface area contributed by atoms with Gasteiger partial charge in [0.15, 0.2) is 26.6 Å². The van der Waals surface area contributed by atoms with E-state index in [1.165, 1.54) is 17.7 Å². The third kappa shape index (κ3) is 7.00. The number of benzene rings is 3. The summed E-state index contributed by atoms with van der Waals surface area (Å²) in [5.41, 5.74) is 2.04. The number of alkyl halides is 2. The second-order valence-electron chi connectivity index (χ2n) is 12.6. The Kier molecular flexibility index (Phi) is 8.90. The highest BCUT2D eigenvalue weighted by Gasteiger charge is 2.51. The topological polar surface area (TPSA) is 82.1 Å². The van der Waals surface area contributed by atoms with E-state index in [0.717, 1.165) is 27.2 Å². The molecule has 3 aromatic carbocycles. The molecule has 1 aliphatic rings. The van der Waals surface area contributed by atoms with Crippen LogP contribution in [0.3, 0.4) is 0 Å². The highest BCUT2D eigenvalue weighted by atomic mass is 32.2. The number of hydrogen-bond donors (Lipinski definition) is 1. The lowest BCUT2D eigenvalue weighted by Gasteiger charge is -2.41. The van der Waals surface area contributed by atoms with E-state index in [4.69, 9.17) is 18.8 Å². The van der Waals surface area contributed by atoms with Crippen molar-refractivity contribution in [1.29, 1.82) is 0 Å². The molecule has 1 aliphatic heterocycles. The molecule has 6 nitrogen and oxygen atoms in total. The summed E-state index contributed by atoms with van der Waals surface area (Å²) in [6.07, 6.45) is -2.09. The molecule has 0 saturated carbocycles. The minimum atomic E-state index is -5.63. The maximum Gasteiger partial charge on any atom is 0.405 e. The summed E-state index contributed by atoms with van der Waals surface area (Å²) in [5.74, 6) is -0.792. The van der Waals surface area contributed by atoms with Gasteiger partial charge in [0, 0.05) is 11.0 Å². The molecule has 3 aromatic rings. The van der Waals surface area contributed by atoms with Crippen molar-refractivity contribution in [2.75, 3.05) is 13.2 Å². The van der Waals surface area contributed by atoms with Gasteiger partial charge in [0.1, 0.15) is 5.75 Å². The lowest BCUT2D eigenvalue weighted by molar-refractivity contribution is -0.298. The normalized spacial score (nSPS) is 18.7. The Hall–Kier alpha value is -2.50. The van der Waals surface area contributed by atoms with Gasteiger partial charge < -0.3 is 14.2 Å². The van der Waals surface area contributed by atoms with Crippen molar-refractivity contribution >= 4 is 21.0 Å². The van der Waals surface area contributed by atoms with Crippen molar-refractivity contribution in [1.82, 2.24) is 0 Å². The van der Waals surface area contributed by atoms with E-state index in [2.05, 4.69) is 58.9 Å². The third-order valence-electron chi connectivity index (χ3n) is 7.24. The molecule has 0 bridgehead atoms. The van der Waals surface area contributed by atoms with Crippen molar-refractivity contribution in [2.24, 2.45) is 5.41 Å². The molecule has 2 atom stereocenters. The van der Waals surface area contributed by atoms with Gasteiger partial charge in [-0.25, -0.2) is 0 Å². The van der Waals surface area contributed by atoms with Crippen LogP contribution in [0.5, 0.6) is 5.75 Å². The summed E-state index contributed by atoms with van der Waals surface area (Å²) < 4.78 is 76.6. The molecule has 4 rings (SSSR count). The first-order chi connectivity index (χ1) is 19.3. The molecule has 0 radical (unpaired) electrons. The fourth-order valence-electron chi connectivity index (χ4n) is 4.45. The van der Waals surface area contributed by atoms with Gasteiger partial charge in [-0.1, -0.05) is 46.8 Å². The van der Waals surface area contributed by atoms with E-state index >= 15 is 0 Å². The van der Waals surface area contributed by atoms with E-state index in [-0.39, 0.29) is 16.6 Å². The number of ether oxygens (including phenoxy) is 3. The van der Waals surface area contributed by atoms with Crippen LogP contribution in [0, 0.1) is 5.41 Å². The standard InChI is InChI=1S/C32H38F2O6S2/c1-22(32(33,34)42(35,36)37)40-25-12-18-28(19-13-25)41(26-14-8-23(9-15-26)29(2,3)4)27-16-10-24(11-17-27)31(7)38-20-30(5,6)21-39-31/h8-19,22H,20-21H2,1-7H3/p+1. The average Bonchev–Trinajstić information content (AvgIpc) is 2.91. The monoisotopic (exact) mass is 621 g/mol. The van der Waals surface area contributed by atoms with Gasteiger partial charge in [-0.05, 0) is 85.5 Å². The molecule has 10 heteroatoms. The fraction of sp³-hybridized carbons (Fsp3) is 0.438. The summed E-state index contributed by atoms with van der Waals surface area (Å²) in [6.45, 7) is 14.7. The SMILES string of the molecule is CC(Oc1ccc([S+](c2ccc(C(C)(C)C)cc2)c2ccc(C3(C)OCC(C)(C)CO3)cc2)cc1)C(F)(F)S(=O)(=O)O. The van der Waals surface area contributed by atoms with Crippen molar-refractivity contribution in [2.45, 2.75) is 85.7 Å². The van der Waals surface area contributed by atoms with Gasteiger partial charge in [-0.2, -0.15) is 17.2 Å².